The number of carbonyl (C=O) groups excluding carboxylic acids is 2. The first-order chi connectivity index (χ1) is 13.0. The molecule has 0 radical (unpaired) electrons. The number of thiazole rings is 1. The van der Waals surface area contributed by atoms with Gasteiger partial charge >= 0.3 is 0 Å². The number of nitrogens with one attached hydrogen (secondary N) is 1. The van der Waals surface area contributed by atoms with Crippen molar-refractivity contribution in [2.24, 2.45) is 0 Å². The zero-order chi connectivity index (χ0) is 19.1. The molecule has 0 aliphatic carbocycles. The molecular formula is C21H23N3O2S. The average molecular weight is 382 g/mol. The predicted octanol–water partition coefficient (Wildman–Crippen LogP) is 4.46. The summed E-state index contributed by atoms with van der Waals surface area (Å²) in [5.41, 5.74) is 3.74. The largest absolute Gasteiger partial charge is 0.354 e. The Bertz CT molecular complexity index is 1000. The van der Waals surface area contributed by atoms with Crippen LogP contribution in [-0.4, -0.2) is 39.6 Å². The van der Waals surface area contributed by atoms with Crippen molar-refractivity contribution in [2.75, 3.05) is 13.1 Å². The number of ketones is 1. The molecule has 0 saturated carbocycles. The number of aromatic nitrogens is 2. The molecule has 140 valence electrons. The van der Waals surface area contributed by atoms with Crippen molar-refractivity contribution in [2.45, 2.75) is 39.5 Å². The summed E-state index contributed by atoms with van der Waals surface area (Å²) in [6.45, 7) is 6.66. The van der Waals surface area contributed by atoms with Crippen molar-refractivity contribution >= 4 is 33.2 Å². The quantitative estimate of drug-likeness (QED) is 0.681. The van der Waals surface area contributed by atoms with Crippen LogP contribution in [0.5, 0.6) is 0 Å². The van der Waals surface area contributed by atoms with Gasteiger partial charge in [0, 0.05) is 30.3 Å². The van der Waals surface area contributed by atoms with E-state index >= 15 is 0 Å². The molecule has 1 saturated heterocycles. The predicted molar refractivity (Wildman–Crippen MR) is 108 cm³/mol. The Morgan fingerprint density at radius 1 is 1.26 bits per heavy atom. The first-order valence-electron chi connectivity index (χ1n) is 9.30. The lowest BCUT2D eigenvalue weighted by Gasteiger charge is -2.31. The van der Waals surface area contributed by atoms with Crippen molar-refractivity contribution in [3.63, 3.8) is 0 Å². The third-order valence-corrected chi connectivity index (χ3v) is 6.57. The van der Waals surface area contributed by atoms with Crippen molar-refractivity contribution in [1.29, 1.82) is 0 Å². The number of aryl methyl sites for hydroxylation is 1. The van der Waals surface area contributed by atoms with Crippen molar-refractivity contribution in [3.8, 4) is 0 Å². The van der Waals surface area contributed by atoms with Gasteiger partial charge < -0.3 is 9.88 Å². The Hall–Kier alpha value is -2.47. The maximum atomic E-state index is 13.1. The Morgan fingerprint density at radius 3 is 2.74 bits per heavy atom. The van der Waals surface area contributed by atoms with E-state index in [1.54, 1.807) is 18.3 Å². The lowest BCUT2D eigenvalue weighted by molar-refractivity contribution is 0.0701. The van der Waals surface area contributed by atoms with Gasteiger partial charge in [0.15, 0.2) is 5.78 Å². The van der Waals surface area contributed by atoms with E-state index in [0.717, 1.165) is 41.2 Å². The molecule has 27 heavy (non-hydrogen) atoms. The van der Waals surface area contributed by atoms with E-state index in [-0.39, 0.29) is 17.6 Å². The summed E-state index contributed by atoms with van der Waals surface area (Å²) in [7, 11) is 0. The number of Topliss-reactive ketones (excluding diaryl/α,β-unsaturated/α-hetero) is 1. The summed E-state index contributed by atoms with van der Waals surface area (Å²) >= 11 is 1.73. The van der Waals surface area contributed by atoms with E-state index in [9.17, 15) is 9.59 Å². The van der Waals surface area contributed by atoms with Gasteiger partial charge in [0.1, 0.15) is 5.69 Å². The van der Waals surface area contributed by atoms with Crippen LogP contribution in [0.15, 0.2) is 24.3 Å². The number of benzene rings is 1. The van der Waals surface area contributed by atoms with Gasteiger partial charge in [-0.3, -0.25) is 9.59 Å². The number of hydrogen-bond acceptors (Lipinski definition) is 4. The van der Waals surface area contributed by atoms with Crippen molar-refractivity contribution < 1.29 is 9.59 Å². The van der Waals surface area contributed by atoms with Gasteiger partial charge in [-0.1, -0.05) is 12.1 Å². The summed E-state index contributed by atoms with van der Waals surface area (Å²) in [6.07, 6.45) is 2.01. The molecule has 6 heteroatoms. The van der Waals surface area contributed by atoms with Crippen LogP contribution < -0.4 is 0 Å². The number of nitrogens with zero attached hydrogens (tertiary/aromatic N) is 2. The number of rotatable bonds is 3. The van der Waals surface area contributed by atoms with Crippen molar-refractivity contribution in [1.82, 2.24) is 14.9 Å². The number of carbonyl (C=O) groups is 2. The normalized spacial score (nSPS) is 17.4. The summed E-state index contributed by atoms with van der Waals surface area (Å²) in [4.78, 5) is 34.8. The molecule has 1 atom stereocenters. The molecule has 0 spiro atoms. The molecular weight excluding hydrogens is 358 g/mol. The van der Waals surface area contributed by atoms with E-state index in [4.69, 9.17) is 4.98 Å². The van der Waals surface area contributed by atoms with Gasteiger partial charge in [-0.05, 0) is 51.3 Å². The first-order valence-corrected chi connectivity index (χ1v) is 10.1. The van der Waals surface area contributed by atoms with Crippen LogP contribution >= 0.6 is 11.3 Å². The van der Waals surface area contributed by atoms with Gasteiger partial charge in [0.2, 0.25) is 0 Å². The molecule has 0 bridgehead atoms. The minimum absolute atomic E-state index is 0.00806. The molecule has 1 aliphatic rings. The summed E-state index contributed by atoms with van der Waals surface area (Å²) in [5, 5.41) is 1.11. The molecule has 1 fully saturated rings. The number of H-pyrrole nitrogens is 1. The zero-order valence-electron chi connectivity index (χ0n) is 15.8. The number of amides is 1. The van der Waals surface area contributed by atoms with Gasteiger partial charge in [0.25, 0.3) is 5.91 Å². The Labute approximate surface area is 162 Å². The van der Waals surface area contributed by atoms with E-state index < -0.39 is 0 Å². The molecule has 1 aliphatic heterocycles. The van der Waals surface area contributed by atoms with Crippen LogP contribution in [0, 0.1) is 13.8 Å². The van der Waals surface area contributed by atoms with E-state index in [2.05, 4.69) is 11.1 Å². The highest BCUT2D eigenvalue weighted by Crippen LogP contribution is 2.33. The molecule has 1 amide bonds. The highest BCUT2D eigenvalue weighted by molar-refractivity contribution is 7.18. The van der Waals surface area contributed by atoms with E-state index in [1.165, 1.54) is 4.70 Å². The number of fused-ring (bicyclic) bond motifs is 1. The fraction of sp³-hybridized carbons (Fsp3) is 0.381. The number of piperidine rings is 1. The molecule has 1 N–H and O–H groups in total. The van der Waals surface area contributed by atoms with Gasteiger partial charge in [0.05, 0.1) is 15.2 Å². The monoisotopic (exact) mass is 381 g/mol. The summed E-state index contributed by atoms with van der Waals surface area (Å²) in [5.74, 6) is 0.240. The maximum absolute atomic E-state index is 13.1. The third-order valence-electron chi connectivity index (χ3n) is 5.37. The SMILES string of the molecule is CC(=O)c1c(C)[nH]c(C(=O)N2CCC[C@H](c3nc4ccccc4s3)C2)c1C. The highest BCUT2D eigenvalue weighted by Gasteiger charge is 2.30. The topological polar surface area (TPSA) is 66.1 Å². The molecule has 3 heterocycles. The molecule has 2 aromatic heterocycles. The second-order valence-corrected chi connectivity index (χ2v) is 8.35. The number of aromatic amines is 1. The maximum Gasteiger partial charge on any atom is 0.270 e. The summed E-state index contributed by atoms with van der Waals surface area (Å²) < 4.78 is 1.19. The number of hydrogen-bond donors (Lipinski definition) is 1. The van der Waals surface area contributed by atoms with Crippen LogP contribution in [0.3, 0.4) is 0 Å². The minimum Gasteiger partial charge on any atom is -0.354 e. The van der Waals surface area contributed by atoms with Crippen LogP contribution in [0.4, 0.5) is 0 Å². The lowest BCUT2D eigenvalue weighted by Crippen LogP contribution is -2.39. The third kappa shape index (κ3) is 3.18. The minimum atomic E-state index is -0.0195. The second kappa shape index (κ2) is 6.93. The zero-order valence-corrected chi connectivity index (χ0v) is 16.7. The smallest absolute Gasteiger partial charge is 0.270 e. The number of likely N-dealkylation sites (tertiary alicyclic amines) is 1. The van der Waals surface area contributed by atoms with Crippen LogP contribution in [0.1, 0.15) is 62.8 Å². The fourth-order valence-corrected chi connectivity index (χ4v) is 5.17. The van der Waals surface area contributed by atoms with Gasteiger partial charge in [-0.2, -0.15) is 0 Å². The van der Waals surface area contributed by atoms with Crippen molar-refractivity contribution in [3.05, 3.63) is 51.8 Å². The highest BCUT2D eigenvalue weighted by atomic mass is 32.1. The Kier molecular flexibility index (Phi) is 4.60. The van der Waals surface area contributed by atoms with E-state index in [0.29, 0.717) is 17.8 Å². The standard InChI is InChI=1S/C21H23N3O2S/c1-12-18(14(3)25)13(2)22-19(12)21(26)24-10-6-7-15(11-24)20-23-16-8-4-5-9-17(16)27-20/h4-5,8-9,15,22H,6-7,10-11H2,1-3H3/t15-/m0/s1. The van der Waals surface area contributed by atoms with E-state index in [1.807, 2.05) is 36.9 Å². The lowest BCUT2D eigenvalue weighted by atomic mass is 9.98. The van der Waals surface area contributed by atoms with Crippen LogP contribution in [-0.2, 0) is 0 Å². The Balaban J connectivity index is 1.58. The van der Waals surface area contributed by atoms with Gasteiger partial charge in [-0.25, -0.2) is 4.98 Å². The average Bonchev–Trinajstić information content (AvgIpc) is 3.22. The van der Waals surface area contributed by atoms with Crippen LogP contribution in [0.25, 0.3) is 10.2 Å². The van der Waals surface area contributed by atoms with Gasteiger partial charge in [-0.15, -0.1) is 11.3 Å². The van der Waals surface area contributed by atoms with Crippen LogP contribution in [0.2, 0.25) is 0 Å². The second-order valence-electron chi connectivity index (χ2n) is 7.29. The Morgan fingerprint density at radius 2 is 2.04 bits per heavy atom. The molecule has 3 aromatic rings. The molecule has 4 rings (SSSR count). The fourth-order valence-electron chi connectivity index (χ4n) is 4.08. The number of para-hydroxylation sites is 1. The molecule has 1 aromatic carbocycles. The first kappa shape index (κ1) is 17.9. The molecule has 5 nitrogen and oxygen atoms in total. The summed E-state index contributed by atoms with van der Waals surface area (Å²) in [6, 6.07) is 8.17. The molecule has 0 unspecified atom stereocenters.